The standard InChI is InChI=1S/C20H18F2N2OS/c1-13-3-2-4-14(9-13)6-8-19(25)24-20-23-12-16(26-20)10-15-5-7-17(21)18(22)11-15/h2-5,7,9,11-12H,6,8,10H2,1H3,(H,23,24,25). The summed E-state index contributed by atoms with van der Waals surface area (Å²) in [6, 6.07) is 11.9. The summed E-state index contributed by atoms with van der Waals surface area (Å²) in [5, 5.41) is 3.30. The molecule has 6 heteroatoms. The molecular formula is C20H18F2N2OS. The second kappa shape index (κ2) is 8.19. The summed E-state index contributed by atoms with van der Waals surface area (Å²) >= 11 is 1.33. The lowest BCUT2D eigenvalue weighted by Gasteiger charge is -2.03. The van der Waals surface area contributed by atoms with E-state index in [-0.39, 0.29) is 5.91 Å². The predicted molar refractivity (Wildman–Crippen MR) is 99.4 cm³/mol. The van der Waals surface area contributed by atoms with E-state index in [9.17, 15) is 13.6 Å². The number of nitrogens with zero attached hydrogens (tertiary/aromatic N) is 1. The minimum Gasteiger partial charge on any atom is -0.302 e. The third-order valence-corrected chi connectivity index (χ3v) is 4.80. The highest BCUT2D eigenvalue weighted by molar-refractivity contribution is 7.15. The van der Waals surface area contributed by atoms with Crippen molar-refractivity contribution in [1.82, 2.24) is 4.98 Å². The van der Waals surface area contributed by atoms with Crippen molar-refractivity contribution < 1.29 is 13.6 Å². The average Bonchev–Trinajstić information content (AvgIpc) is 3.03. The lowest BCUT2D eigenvalue weighted by atomic mass is 10.1. The van der Waals surface area contributed by atoms with Crippen LogP contribution in [0, 0.1) is 18.6 Å². The highest BCUT2D eigenvalue weighted by Crippen LogP contribution is 2.22. The number of hydrogen-bond donors (Lipinski definition) is 1. The van der Waals surface area contributed by atoms with Gasteiger partial charge in [0.25, 0.3) is 0 Å². The zero-order chi connectivity index (χ0) is 18.5. The van der Waals surface area contributed by atoms with E-state index in [1.807, 2.05) is 25.1 Å². The van der Waals surface area contributed by atoms with Crippen LogP contribution in [0.2, 0.25) is 0 Å². The molecule has 0 unspecified atom stereocenters. The Morgan fingerprint density at radius 2 is 1.96 bits per heavy atom. The molecule has 3 aromatic rings. The van der Waals surface area contributed by atoms with Gasteiger partial charge in [-0.2, -0.15) is 0 Å². The third-order valence-electron chi connectivity index (χ3n) is 3.89. The largest absolute Gasteiger partial charge is 0.302 e. The van der Waals surface area contributed by atoms with Crippen LogP contribution in [0.4, 0.5) is 13.9 Å². The third kappa shape index (κ3) is 4.95. The number of thiazole rings is 1. The first-order valence-corrected chi connectivity index (χ1v) is 9.05. The Bertz CT molecular complexity index is 924. The summed E-state index contributed by atoms with van der Waals surface area (Å²) in [4.78, 5) is 17.1. The van der Waals surface area contributed by atoms with Crippen LogP contribution in [0.5, 0.6) is 0 Å². The van der Waals surface area contributed by atoms with Crippen molar-refractivity contribution in [3.8, 4) is 0 Å². The Labute approximate surface area is 154 Å². The van der Waals surface area contributed by atoms with Crippen molar-refractivity contribution in [2.45, 2.75) is 26.2 Å². The van der Waals surface area contributed by atoms with Gasteiger partial charge in [0.2, 0.25) is 5.91 Å². The van der Waals surface area contributed by atoms with Crippen LogP contribution < -0.4 is 5.32 Å². The molecule has 0 saturated carbocycles. The second-order valence-electron chi connectivity index (χ2n) is 6.09. The first-order valence-electron chi connectivity index (χ1n) is 8.23. The zero-order valence-corrected chi connectivity index (χ0v) is 15.1. The molecule has 26 heavy (non-hydrogen) atoms. The SMILES string of the molecule is Cc1cccc(CCC(=O)Nc2ncc(Cc3ccc(F)c(F)c3)s2)c1. The molecule has 2 aromatic carbocycles. The molecule has 134 valence electrons. The highest BCUT2D eigenvalue weighted by Gasteiger charge is 2.09. The number of nitrogens with one attached hydrogen (secondary N) is 1. The average molecular weight is 372 g/mol. The Morgan fingerprint density at radius 3 is 2.73 bits per heavy atom. The van der Waals surface area contributed by atoms with E-state index in [2.05, 4.69) is 16.4 Å². The number of anilines is 1. The fraction of sp³-hybridized carbons (Fsp3) is 0.200. The maximum Gasteiger partial charge on any atom is 0.226 e. The first-order chi connectivity index (χ1) is 12.5. The van der Waals surface area contributed by atoms with Gasteiger partial charge in [0.1, 0.15) is 0 Å². The number of aryl methyl sites for hydroxylation is 2. The number of carbonyl (C=O) groups excluding carboxylic acids is 1. The van der Waals surface area contributed by atoms with Crippen LogP contribution in [0.15, 0.2) is 48.7 Å². The fourth-order valence-electron chi connectivity index (χ4n) is 2.61. The van der Waals surface area contributed by atoms with E-state index in [4.69, 9.17) is 0 Å². The van der Waals surface area contributed by atoms with E-state index >= 15 is 0 Å². The Hall–Kier alpha value is -2.60. The van der Waals surface area contributed by atoms with Crippen LogP contribution in [-0.4, -0.2) is 10.9 Å². The van der Waals surface area contributed by atoms with E-state index in [0.29, 0.717) is 30.0 Å². The van der Waals surface area contributed by atoms with Crippen molar-refractivity contribution >= 4 is 22.4 Å². The van der Waals surface area contributed by atoms with Gasteiger partial charge in [0.05, 0.1) is 0 Å². The van der Waals surface area contributed by atoms with E-state index in [1.54, 1.807) is 6.20 Å². The summed E-state index contributed by atoms with van der Waals surface area (Å²) < 4.78 is 26.2. The number of hydrogen-bond acceptors (Lipinski definition) is 3. The lowest BCUT2D eigenvalue weighted by molar-refractivity contribution is -0.116. The second-order valence-corrected chi connectivity index (χ2v) is 7.21. The van der Waals surface area contributed by atoms with Crippen LogP contribution >= 0.6 is 11.3 Å². The topological polar surface area (TPSA) is 42.0 Å². The minimum atomic E-state index is -0.864. The Kier molecular flexibility index (Phi) is 5.73. The molecule has 1 amide bonds. The van der Waals surface area contributed by atoms with E-state index < -0.39 is 11.6 Å². The molecule has 1 N–H and O–H groups in total. The Balaban J connectivity index is 1.54. The number of aromatic nitrogens is 1. The molecule has 0 bridgehead atoms. The van der Waals surface area contributed by atoms with Gasteiger partial charge in [-0.1, -0.05) is 35.9 Å². The van der Waals surface area contributed by atoms with Crippen molar-refractivity contribution in [2.24, 2.45) is 0 Å². The maximum absolute atomic E-state index is 13.3. The summed E-state index contributed by atoms with van der Waals surface area (Å²) in [5.41, 5.74) is 2.95. The normalized spacial score (nSPS) is 10.7. The molecule has 0 radical (unpaired) electrons. The molecule has 3 nitrogen and oxygen atoms in total. The van der Waals surface area contributed by atoms with Crippen LogP contribution in [0.3, 0.4) is 0 Å². The van der Waals surface area contributed by atoms with Gasteiger partial charge < -0.3 is 5.32 Å². The fourth-order valence-corrected chi connectivity index (χ4v) is 3.47. The molecular weight excluding hydrogens is 354 g/mol. The van der Waals surface area contributed by atoms with Crippen molar-refractivity contribution in [3.63, 3.8) is 0 Å². The molecule has 0 fully saturated rings. The molecule has 0 aliphatic rings. The Morgan fingerprint density at radius 1 is 1.12 bits per heavy atom. The monoisotopic (exact) mass is 372 g/mol. The van der Waals surface area contributed by atoms with Gasteiger partial charge in [-0.15, -0.1) is 11.3 Å². The quantitative estimate of drug-likeness (QED) is 0.669. The number of benzene rings is 2. The molecule has 0 aliphatic heterocycles. The molecule has 0 aliphatic carbocycles. The van der Waals surface area contributed by atoms with Gasteiger partial charge in [-0.05, 0) is 36.6 Å². The predicted octanol–water partition coefficient (Wildman–Crippen LogP) is 4.89. The lowest BCUT2D eigenvalue weighted by Crippen LogP contribution is -2.12. The van der Waals surface area contributed by atoms with Crippen molar-refractivity contribution in [2.75, 3.05) is 5.32 Å². The summed E-state index contributed by atoms with van der Waals surface area (Å²) in [6.07, 6.45) is 3.12. The smallest absolute Gasteiger partial charge is 0.226 e. The molecule has 0 spiro atoms. The number of carbonyl (C=O) groups is 1. The van der Waals surface area contributed by atoms with Gasteiger partial charge in [-0.3, -0.25) is 4.79 Å². The number of halogens is 2. The molecule has 0 atom stereocenters. The summed E-state index contributed by atoms with van der Waals surface area (Å²) in [6.45, 7) is 2.02. The van der Waals surface area contributed by atoms with E-state index in [1.165, 1.54) is 29.0 Å². The van der Waals surface area contributed by atoms with Gasteiger partial charge >= 0.3 is 0 Å². The number of amides is 1. The molecule has 1 heterocycles. The highest BCUT2D eigenvalue weighted by atomic mass is 32.1. The van der Waals surface area contributed by atoms with Crippen LogP contribution in [0.25, 0.3) is 0 Å². The minimum absolute atomic E-state index is 0.0970. The maximum atomic E-state index is 13.3. The zero-order valence-electron chi connectivity index (χ0n) is 14.3. The van der Waals surface area contributed by atoms with Gasteiger partial charge in [-0.25, -0.2) is 13.8 Å². The summed E-state index contributed by atoms with van der Waals surface area (Å²) in [5.74, 6) is -1.82. The van der Waals surface area contributed by atoms with Crippen LogP contribution in [-0.2, 0) is 17.6 Å². The van der Waals surface area contributed by atoms with E-state index in [0.717, 1.165) is 16.5 Å². The first kappa shape index (κ1) is 18.2. The van der Waals surface area contributed by atoms with Gasteiger partial charge in [0.15, 0.2) is 16.8 Å². The van der Waals surface area contributed by atoms with Crippen molar-refractivity contribution in [1.29, 1.82) is 0 Å². The molecule has 3 rings (SSSR count). The molecule has 0 saturated heterocycles. The summed E-state index contributed by atoms with van der Waals surface area (Å²) in [7, 11) is 0. The molecule has 1 aromatic heterocycles. The van der Waals surface area contributed by atoms with Crippen molar-refractivity contribution in [3.05, 3.63) is 81.9 Å². The number of rotatable bonds is 6. The van der Waals surface area contributed by atoms with Gasteiger partial charge in [0, 0.05) is 23.9 Å². The van der Waals surface area contributed by atoms with Crippen LogP contribution in [0.1, 0.15) is 28.0 Å².